The molecule has 1 saturated carbocycles. The molecule has 2 aromatic rings. The lowest BCUT2D eigenvalue weighted by Crippen LogP contribution is -2.56. The maximum atomic E-state index is 13.2. The third-order valence-corrected chi connectivity index (χ3v) is 7.35. The first-order valence-electron chi connectivity index (χ1n) is 11.8. The van der Waals surface area contributed by atoms with E-state index in [1.54, 1.807) is 0 Å². The molecule has 0 spiro atoms. The molecule has 2 amide bonds. The van der Waals surface area contributed by atoms with Crippen LogP contribution in [0.4, 0.5) is 4.79 Å². The summed E-state index contributed by atoms with van der Waals surface area (Å²) in [5.74, 6) is -1.79. The van der Waals surface area contributed by atoms with E-state index in [1.807, 2.05) is 36.4 Å². The van der Waals surface area contributed by atoms with Crippen molar-refractivity contribution in [1.29, 1.82) is 0 Å². The van der Waals surface area contributed by atoms with Crippen LogP contribution in [0.25, 0.3) is 11.1 Å². The number of carbonyl (C=O) groups excluding carboxylic acids is 2. The molecule has 8 heteroatoms. The van der Waals surface area contributed by atoms with Gasteiger partial charge in [-0.25, -0.2) is 9.59 Å². The minimum atomic E-state index is -1.15. The molecule has 1 aliphatic heterocycles. The highest BCUT2D eigenvalue weighted by Crippen LogP contribution is 2.44. The van der Waals surface area contributed by atoms with E-state index in [0.29, 0.717) is 0 Å². The third-order valence-electron chi connectivity index (χ3n) is 7.35. The number of benzene rings is 2. The SMILES string of the molecule is O=C(NC(C(=O)N1C[C@@H](O)C[C@H]1C(=O)O)C1CCC1)OCC1c2ccccc2-c2ccccc21. The van der Waals surface area contributed by atoms with E-state index in [9.17, 15) is 24.6 Å². The Balaban J connectivity index is 1.28. The van der Waals surface area contributed by atoms with Gasteiger partial charge in [0, 0.05) is 18.9 Å². The van der Waals surface area contributed by atoms with Crippen molar-refractivity contribution in [2.45, 2.75) is 49.8 Å². The van der Waals surface area contributed by atoms with Gasteiger partial charge >= 0.3 is 12.1 Å². The van der Waals surface area contributed by atoms with Crippen LogP contribution in [0.5, 0.6) is 0 Å². The van der Waals surface area contributed by atoms with E-state index in [1.165, 1.54) is 4.90 Å². The lowest BCUT2D eigenvalue weighted by atomic mass is 9.79. The molecular formula is C26H28N2O6. The number of rotatable bonds is 6. The number of carboxylic acids is 1. The molecule has 0 bridgehead atoms. The van der Waals surface area contributed by atoms with E-state index in [0.717, 1.165) is 41.5 Å². The number of carbonyl (C=O) groups is 3. The molecule has 1 unspecified atom stereocenters. The van der Waals surface area contributed by atoms with Crippen molar-refractivity contribution < 1.29 is 29.3 Å². The molecule has 2 fully saturated rings. The van der Waals surface area contributed by atoms with E-state index in [-0.39, 0.29) is 31.4 Å². The number of likely N-dealkylation sites (tertiary alicyclic amines) is 1. The summed E-state index contributed by atoms with van der Waals surface area (Å²) < 4.78 is 5.61. The molecule has 1 saturated heterocycles. The Morgan fingerprint density at radius 2 is 1.65 bits per heavy atom. The number of carboxylic acid groups (broad SMARTS) is 1. The molecule has 1 heterocycles. The molecule has 34 heavy (non-hydrogen) atoms. The minimum Gasteiger partial charge on any atom is -0.480 e. The Bertz CT molecular complexity index is 1070. The first kappa shape index (κ1) is 22.4. The lowest BCUT2D eigenvalue weighted by Gasteiger charge is -2.36. The topological polar surface area (TPSA) is 116 Å². The second-order valence-electron chi connectivity index (χ2n) is 9.37. The van der Waals surface area contributed by atoms with Gasteiger partial charge in [-0.2, -0.15) is 0 Å². The summed E-state index contributed by atoms with van der Waals surface area (Å²) in [6.45, 7) is 0.0804. The second kappa shape index (κ2) is 9.10. The zero-order chi connectivity index (χ0) is 23.8. The van der Waals surface area contributed by atoms with Gasteiger partial charge in [0.2, 0.25) is 5.91 Å². The molecule has 3 aliphatic rings. The van der Waals surface area contributed by atoms with Gasteiger partial charge in [0.25, 0.3) is 0 Å². The van der Waals surface area contributed by atoms with E-state index >= 15 is 0 Å². The van der Waals surface area contributed by atoms with Crippen molar-refractivity contribution in [2.24, 2.45) is 5.92 Å². The minimum absolute atomic E-state index is 0.0105. The maximum absolute atomic E-state index is 13.2. The first-order chi connectivity index (χ1) is 16.4. The smallest absolute Gasteiger partial charge is 0.407 e. The van der Waals surface area contributed by atoms with Gasteiger partial charge in [0.15, 0.2) is 0 Å². The molecule has 8 nitrogen and oxygen atoms in total. The quantitative estimate of drug-likeness (QED) is 0.605. The van der Waals surface area contributed by atoms with Crippen molar-refractivity contribution in [3.63, 3.8) is 0 Å². The van der Waals surface area contributed by atoms with E-state index < -0.39 is 36.2 Å². The molecule has 0 aromatic heterocycles. The van der Waals surface area contributed by atoms with Gasteiger partial charge in [-0.3, -0.25) is 4.79 Å². The molecule has 5 rings (SSSR count). The van der Waals surface area contributed by atoms with Crippen LogP contribution in [0.2, 0.25) is 0 Å². The highest BCUT2D eigenvalue weighted by Gasteiger charge is 2.44. The Morgan fingerprint density at radius 1 is 1.03 bits per heavy atom. The summed E-state index contributed by atoms with van der Waals surface area (Å²) in [4.78, 5) is 38.8. The fraction of sp³-hybridized carbons (Fsp3) is 0.423. The number of β-amino-alcohol motifs (C(OH)–C–C–N with tert-alkyl or cyclic N) is 1. The van der Waals surface area contributed by atoms with Crippen LogP contribution in [0.15, 0.2) is 48.5 Å². The summed E-state index contributed by atoms with van der Waals surface area (Å²) >= 11 is 0. The number of fused-ring (bicyclic) bond motifs is 3. The number of nitrogens with one attached hydrogen (secondary N) is 1. The van der Waals surface area contributed by atoms with Crippen molar-refractivity contribution in [2.75, 3.05) is 13.2 Å². The zero-order valence-electron chi connectivity index (χ0n) is 18.7. The van der Waals surface area contributed by atoms with Gasteiger partial charge in [0.1, 0.15) is 18.7 Å². The molecular weight excluding hydrogens is 436 g/mol. The zero-order valence-corrected chi connectivity index (χ0v) is 18.7. The standard InChI is InChI=1S/C26H28N2O6/c29-16-12-22(25(31)32)28(13-16)24(30)23(15-6-5-7-15)27-26(33)34-14-21-19-10-3-1-8-17(19)18-9-2-4-11-20(18)21/h1-4,8-11,15-16,21-23,29H,5-7,12-14H2,(H,27,33)(H,31,32)/t16-,22-,23?/m0/s1. The number of aliphatic hydroxyl groups is 1. The first-order valence-corrected chi connectivity index (χ1v) is 11.8. The Morgan fingerprint density at radius 3 is 2.21 bits per heavy atom. The van der Waals surface area contributed by atoms with Crippen LogP contribution in [0, 0.1) is 5.92 Å². The Hall–Kier alpha value is -3.39. The predicted molar refractivity (Wildman–Crippen MR) is 123 cm³/mol. The molecule has 2 aliphatic carbocycles. The van der Waals surface area contributed by atoms with E-state index in [2.05, 4.69) is 17.4 Å². The number of nitrogens with zero attached hydrogens (tertiary/aromatic N) is 1. The fourth-order valence-corrected chi connectivity index (χ4v) is 5.39. The van der Waals surface area contributed by atoms with Crippen molar-refractivity contribution in [3.8, 4) is 11.1 Å². The lowest BCUT2D eigenvalue weighted by molar-refractivity contribution is -0.149. The van der Waals surface area contributed by atoms with E-state index in [4.69, 9.17) is 4.74 Å². The molecule has 178 valence electrons. The normalized spacial score (nSPS) is 22.4. The number of ether oxygens (including phenoxy) is 1. The molecule has 3 N–H and O–H groups in total. The number of aliphatic hydroxyl groups excluding tert-OH is 1. The van der Waals surface area contributed by atoms with Crippen LogP contribution in [0.1, 0.15) is 42.7 Å². The second-order valence-corrected chi connectivity index (χ2v) is 9.37. The number of aliphatic carboxylic acids is 1. The summed E-state index contributed by atoms with van der Waals surface area (Å²) in [5, 5.41) is 22.1. The van der Waals surface area contributed by atoms with Gasteiger partial charge in [0.05, 0.1) is 6.10 Å². The predicted octanol–water partition coefficient (Wildman–Crippen LogP) is 2.74. The van der Waals surface area contributed by atoms with Crippen molar-refractivity contribution in [3.05, 3.63) is 59.7 Å². The molecule has 3 atom stereocenters. The average molecular weight is 465 g/mol. The van der Waals surface area contributed by atoms with Crippen LogP contribution in [0.3, 0.4) is 0 Å². The monoisotopic (exact) mass is 464 g/mol. The van der Waals surface area contributed by atoms with Crippen molar-refractivity contribution >= 4 is 18.0 Å². The van der Waals surface area contributed by atoms with Gasteiger partial charge in [-0.15, -0.1) is 0 Å². The summed E-state index contributed by atoms with van der Waals surface area (Å²) in [7, 11) is 0. The van der Waals surface area contributed by atoms with Crippen LogP contribution in [-0.2, 0) is 14.3 Å². The highest BCUT2D eigenvalue weighted by atomic mass is 16.5. The number of hydrogen-bond donors (Lipinski definition) is 3. The molecule has 0 radical (unpaired) electrons. The van der Waals surface area contributed by atoms with Gasteiger partial charge < -0.3 is 25.2 Å². The fourth-order valence-electron chi connectivity index (χ4n) is 5.39. The largest absolute Gasteiger partial charge is 0.480 e. The Kier molecular flexibility index (Phi) is 6.00. The third kappa shape index (κ3) is 4.03. The van der Waals surface area contributed by atoms with Crippen LogP contribution < -0.4 is 5.32 Å². The summed E-state index contributed by atoms with van der Waals surface area (Å²) in [5.41, 5.74) is 4.45. The Labute approximate surface area is 197 Å². The molecule has 2 aromatic carbocycles. The summed E-state index contributed by atoms with van der Waals surface area (Å²) in [6.07, 6.45) is 0.901. The van der Waals surface area contributed by atoms with Gasteiger partial charge in [-0.1, -0.05) is 55.0 Å². The van der Waals surface area contributed by atoms with Crippen LogP contribution in [-0.4, -0.2) is 64.4 Å². The number of hydrogen-bond acceptors (Lipinski definition) is 5. The average Bonchev–Trinajstić information content (AvgIpc) is 3.34. The number of amides is 2. The maximum Gasteiger partial charge on any atom is 0.407 e. The van der Waals surface area contributed by atoms with Crippen LogP contribution >= 0.6 is 0 Å². The summed E-state index contributed by atoms with van der Waals surface area (Å²) in [6, 6.07) is 14.1. The highest BCUT2D eigenvalue weighted by molar-refractivity contribution is 5.90. The van der Waals surface area contributed by atoms with Crippen molar-refractivity contribution in [1.82, 2.24) is 10.2 Å². The van der Waals surface area contributed by atoms with Gasteiger partial charge in [-0.05, 0) is 41.0 Å². The number of alkyl carbamates (subject to hydrolysis) is 1.